The Balaban J connectivity index is 1.34. The molecule has 3 aromatic rings. The first-order valence-corrected chi connectivity index (χ1v) is 20.6. The second kappa shape index (κ2) is 12.8. The maximum absolute atomic E-state index is 15.3. The summed E-state index contributed by atoms with van der Waals surface area (Å²) in [6, 6.07) is 12.0. The number of hydrogen-bond acceptors (Lipinski definition) is 10. The van der Waals surface area contributed by atoms with Crippen molar-refractivity contribution < 1.29 is 34.0 Å². The molecule has 9 rings (SSSR count). The van der Waals surface area contributed by atoms with Gasteiger partial charge < -0.3 is 34.3 Å². The SMILES string of the molecule is CCC1(O)CC2CN(CCc3c([nH]c4ccccc34)C(C(=O)OC)(c3cc4c(cc3OC)N(C)C3C(C)(O)C(OC(C)=O)C5(CC)C=CCN6CCC43C65)C2)C1. The number of para-hydroxylation sites is 1. The Bertz CT molecular complexity index is 2130. The van der Waals surface area contributed by atoms with Crippen LogP contribution in [-0.2, 0) is 36.3 Å². The number of likely N-dealkylation sites (N-methyl/N-ethyl adjacent to an activating group) is 1. The number of ether oxygens (including phenoxy) is 3. The average molecular weight is 767 g/mol. The van der Waals surface area contributed by atoms with E-state index in [1.807, 2.05) is 33.0 Å². The van der Waals surface area contributed by atoms with Crippen molar-refractivity contribution in [3.8, 4) is 5.75 Å². The predicted molar refractivity (Wildman–Crippen MR) is 214 cm³/mol. The van der Waals surface area contributed by atoms with Crippen molar-refractivity contribution in [2.75, 3.05) is 58.9 Å². The summed E-state index contributed by atoms with van der Waals surface area (Å²) in [5.41, 5.74) is 0.690. The minimum Gasteiger partial charge on any atom is -0.496 e. The summed E-state index contributed by atoms with van der Waals surface area (Å²) in [6.07, 6.45) is 7.34. The molecule has 300 valence electrons. The molecule has 11 nitrogen and oxygen atoms in total. The van der Waals surface area contributed by atoms with Crippen LogP contribution in [0.2, 0.25) is 0 Å². The highest BCUT2D eigenvalue weighted by molar-refractivity contribution is 5.94. The highest BCUT2D eigenvalue weighted by Crippen LogP contribution is 2.68. The van der Waals surface area contributed by atoms with Gasteiger partial charge in [0.05, 0.1) is 25.9 Å². The van der Waals surface area contributed by atoms with E-state index in [2.05, 4.69) is 63.0 Å². The number of esters is 2. The smallest absolute Gasteiger partial charge is 0.322 e. The van der Waals surface area contributed by atoms with Gasteiger partial charge in [-0.1, -0.05) is 44.2 Å². The van der Waals surface area contributed by atoms with Crippen molar-refractivity contribution in [1.29, 1.82) is 0 Å². The molecule has 0 amide bonds. The quantitative estimate of drug-likeness (QED) is 0.237. The number of aromatic nitrogens is 1. The number of aliphatic hydroxyl groups is 2. The van der Waals surface area contributed by atoms with E-state index < -0.39 is 45.6 Å². The summed E-state index contributed by atoms with van der Waals surface area (Å²) in [7, 11) is 5.17. The number of benzene rings is 2. The first-order chi connectivity index (χ1) is 26.7. The van der Waals surface area contributed by atoms with Gasteiger partial charge in [-0.2, -0.15) is 0 Å². The van der Waals surface area contributed by atoms with E-state index in [4.69, 9.17) is 14.2 Å². The minimum absolute atomic E-state index is 0.0326. The molecule has 11 heteroatoms. The van der Waals surface area contributed by atoms with Gasteiger partial charge in [0.2, 0.25) is 0 Å². The number of H-pyrrole nitrogens is 1. The number of carbonyl (C=O) groups excluding carboxylic acids is 2. The van der Waals surface area contributed by atoms with Crippen molar-refractivity contribution in [2.24, 2.45) is 11.3 Å². The summed E-state index contributed by atoms with van der Waals surface area (Å²) < 4.78 is 18.6. The van der Waals surface area contributed by atoms with Gasteiger partial charge in [-0.05, 0) is 81.2 Å². The molecule has 2 aromatic carbocycles. The zero-order valence-corrected chi connectivity index (χ0v) is 34.0. The van der Waals surface area contributed by atoms with Crippen molar-refractivity contribution in [1.82, 2.24) is 14.8 Å². The number of piperidine rings is 1. The molecular weight excluding hydrogens is 709 g/mol. The van der Waals surface area contributed by atoms with Crippen LogP contribution < -0.4 is 9.64 Å². The number of anilines is 1. The van der Waals surface area contributed by atoms with Gasteiger partial charge >= 0.3 is 11.9 Å². The molecule has 1 aliphatic carbocycles. The maximum Gasteiger partial charge on any atom is 0.322 e. The summed E-state index contributed by atoms with van der Waals surface area (Å²) in [5.74, 6) is -0.249. The molecule has 10 unspecified atom stereocenters. The lowest BCUT2D eigenvalue weighted by atomic mass is 9.48. The molecule has 2 saturated heterocycles. The number of aromatic amines is 1. The van der Waals surface area contributed by atoms with Crippen LogP contribution in [0.3, 0.4) is 0 Å². The summed E-state index contributed by atoms with van der Waals surface area (Å²) in [6.45, 7) is 11.2. The fraction of sp³-hybridized carbons (Fsp3) is 0.600. The number of nitrogens with zero attached hydrogens (tertiary/aromatic N) is 3. The third kappa shape index (κ3) is 4.83. The molecule has 2 bridgehead atoms. The van der Waals surface area contributed by atoms with Crippen LogP contribution in [0.1, 0.15) is 82.2 Å². The van der Waals surface area contributed by atoms with Crippen LogP contribution in [0.4, 0.5) is 5.69 Å². The monoisotopic (exact) mass is 766 g/mol. The molecule has 0 radical (unpaired) electrons. The first-order valence-electron chi connectivity index (χ1n) is 20.6. The van der Waals surface area contributed by atoms with Gasteiger partial charge in [-0.25, -0.2) is 0 Å². The molecule has 3 fully saturated rings. The molecule has 1 aromatic heterocycles. The van der Waals surface area contributed by atoms with E-state index in [9.17, 15) is 15.0 Å². The molecular formula is C45H58N4O7. The standard InChI is InChI=1S/C45H58N4O7/c1-8-42(53)23-28-24-45(40(51)55-7,36-30(15-19-48(25-28)26-42)29-13-10-11-14-33(29)46-36)32-21-31-34(22-35(32)54-6)47(5)37-41(4,52)39(56-27(3)50)43(9-2)16-12-18-49-20-17-44(31,37)38(43)49/h10-14,16,21-22,28,37-39,46,52-53H,8-9,15,17-20,23-26H2,1-7H3. The maximum atomic E-state index is 15.3. The van der Waals surface area contributed by atoms with Crippen LogP contribution in [-0.4, -0.2) is 120 Å². The van der Waals surface area contributed by atoms with Gasteiger partial charge in [0.1, 0.15) is 22.9 Å². The van der Waals surface area contributed by atoms with Crippen molar-refractivity contribution in [2.45, 2.75) is 106 Å². The molecule has 3 N–H and O–H groups in total. The largest absolute Gasteiger partial charge is 0.496 e. The van der Waals surface area contributed by atoms with Gasteiger partial charge in [-0.15, -0.1) is 0 Å². The number of rotatable bonds is 6. The lowest BCUT2D eigenvalue weighted by Gasteiger charge is -2.64. The Morgan fingerprint density at radius 3 is 2.52 bits per heavy atom. The van der Waals surface area contributed by atoms with Crippen molar-refractivity contribution in [3.05, 3.63) is 70.9 Å². The highest BCUT2D eigenvalue weighted by Gasteiger charge is 2.77. The minimum atomic E-state index is -1.45. The van der Waals surface area contributed by atoms with Crippen LogP contribution in [0.25, 0.3) is 10.9 Å². The predicted octanol–water partition coefficient (Wildman–Crippen LogP) is 4.84. The summed E-state index contributed by atoms with van der Waals surface area (Å²) in [5, 5.41) is 26.1. The summed E-state index contributed by atoms with van der Waals surface area (Å²) in [4.78, 5) is 39.0. The number of nitrogens with one attached hydrogen (secondary N) is 1. The molecule has 6 heterocycles. The van der Waals surface area contributed by atoms with E-state index in [-0.39, 0.29) is 17.9 Å². The van der Waals surface area contributed by atoms with Crippen LogP contribution in [0, 0.1) is 11.3 Å². The Kier molecular flexibility index (Phi) is 8.61. The Morgan fingerprint density at radius 2 is 1.80 bits per heavy atom. The number of fused-ring (bicyclic) bond motifs is 6. The Labute approximate surface area is 329 Å². The van der Waals surface area contributed by atoms with E-state index in [0.29, 0.717) is 44.4 Å². The third-order valence-corrected chi connectivity index (χ3v) is 15.4. The lowest BCUT2D eigenvalue weighted by molar-refractivity contribution is -0.213. The van der Waals surface area contributed by atoms with Gasteiger partial charge in [-0.3, -0.25) is 19.4 Å². The van der Waals surface area contributed by atoms with E-state index in [0.717, 1.165) is 71.6 Å². The molecule has 1 spiro atoms. The number of methoxy groups -OCH3 is 2. The van der Waals surface area contributed by atoms with Crippen molar-refractivity contribution >= 4 is 28.5 Å². The second-order valence-electron chi connectivity index (χ2n) is 18.1. The normalized spacial score (nSPS) is 38.4. The zero-order valence-electron chi connectivity index (χ0n) is 34.0. The Hall–Kier alpha value is -3.90. The van der Waals surface area contributed by atoms with Crippen LogP contribution >= 0.6 is 0 Å². The molecule has 56 heavy (non-hydrogen) atoms. The fourth-order valence-electron chi connectivity index (χ4n) is 13.5. The first kappa shape index (κ1) is 37.7. The molecule has 1 saturated carbocycles. The third-order valence-electron chi connectivity index (χ3n) is 15.4. The number of hydrogen-bond donors (Lipinski definition) is 3. The van der Waals surface area contributed by atoms with Gasteiger partial charge in [0.15, 0.2) is 0 Å². The second-order valence-corrected chi connectivity index (χ2v) is 18.1. The highest BCUT2D eigenvalue weighted by atomic mass is 16.6. The van der Waals surface area contributed by atoms with Crippen molar-refractivity contribution in [3.63, 3.8) is 0 Å². The Morgan fingerprint density at radius 1 is 1.02 bits per heavy atom. The molecule has 6 aliphatic rings. The number of carbonyl (C=O) groups is 2. The van der Waals surface area contributed by atoms with E-state index >= 15 is 4.79 Å². The van der Waals surface area contributed by atoms with Crippen LogP contribution in [0.5, 0.6) is 5.75 Å². The van der Waals surface area contributed by atoms with Gasteiger partial charge in [0, 0.05) is 90.9 Å². The fourth-order valence-corrected chi connectivity index (χ4v) is 13.5. The van der Waals surface area contributed by atoms with Gasteiger partial charge in [0.25, 0.3) is 0 Å². The zero-order chi connectivity index (χ0) is 39.6. The molecule has 5 aliphatic heterocycles. The molecule has 10 atom stereocenters. The average Bonchev–Trinajstić information content (AvgIpc) is 3.84. The van der Waals surface area contributed by atoms with E-state index in [1.54, 1.807) is 7.11 Å². The summed E-state index contributed by atoms with van der Waals surface area (Å²) >= 11 is 0. The van der Waals surface area contributed by atoms with Crippen LogP contribution in [0.15, 0.2) is 48.6 Å². The van der Waals surface area contributed by atoms with E-state index in [1.165, 1.54) is 14.0 Å². The topological polar surface area (TPSA) is 128 Å². The lowest BCUT2D eigenvalue weighted by Crippen LogP contribution is -2.78.